The van der Waals surface area contributed by atoms with E-state index < -0.39 is 5.97 Å². The molecule has 0 aliphatic carbocycles. The molecule has 0 spiro atoms. The molecule has 0 unspecified atom stereocenters. The van der Waals surface area contributed by atoms with E-state index in [1.165, 1.54) is 12.1 Å². The number of carbonyl (C=O) groups excluding carboxylic acids is 1. The number of hydrogen-bond donors (Lipinski definition) is 1. The fourth-order valence-corrected chi connectivity index (χ4v) is 2.00. The van der Waals surface area contributed by atoms with Gasteiger partial charge in [-0.25, -0.2) is 4.79 Å². The summed E-state index contributed by atoms with van der Waals surface area (Å²) >= 11 is 0. The van der Waals surface area contributed by atoms with Crippen LogP contribution in [-0.2, 0) is 0 Å². The zero-order valence-electron chi connectivity index (χ0n) is 11.8. The Balaban J connectivity index is 3.16. The Morgan fingerprint density at radius 1 is 1.15 bits per heavy atom. The van der Waals surface area contributed by atoms with Crippen molar-refractivity contribution >= 4 is 11.9 Å². The molecule has 0 heterocycles. The van der Waals surface area contributed by atoms with E-state index in [-0.39, 0.29) is 11.5 Å². The molecule has 1 amide bonds. The Bertz CT molecular complexity index is 537. The Morgan fingerprint density at radius 3 is 2.15 bits per heavy atom. The van der Waals surface area contributed by atoms with Crippen molar-refractivity contribution in [2.45, 2.75) is 26.7 Å². The first kappa shape index (κ1) is 15.8. The van der Waals surface area contributed by atoms with Crippen molar-refractivity contribution in [3.8, 4) is 12.3 Å². The third-order valence-corrected chi connectivity index (χ3v) is 2.87. The summed E-state index contributed by atoms with van der Waals surface area (Å²) in [6.07, 6.45) is 7.02. The molecule has 106 valence electrons. The molecule has 0 radical (unpaired) electrons. The van der Waals surface area contributed by atoms with Gasteiger partial charge < -0.3 is 10.0 Å². The maximum Gasteiger partial charge on any atom is 0.335 e. The largest absolute Gasteiger partial charge is 0.478 e. The van der Waals surface area contributed by atoms with Crippen molar-refractivity contribution in [3.05, 3.63) is 34.9 Å². The lowest BCUT2D eigenvalue weighted by molar-refractivity contribution is 0.0697. The van der Waals surface area contributed by atoms with Crippen LogP contribution in [0, 0.1) is 12.3 Å². The van der Waals surface area contributed by atoms with Gasteiger partial charge in [0.15, 0.2) is 0 Å². The molecule has 1 aromatic rings. The monoisotopic (exact) mass is 273 g/mol. The van der Waals surface area contributed by atoms with Gasteiger partial charge in [-0.1, -0.05) is 19.8 Å². The zero-order chi connectivity index (χ0) is 15.1. The number of carboxylic acid groups (broad SMARTS) is 1. The van der Waals surface area contributed by atoms with Crippen LogP contribution < -0.4 is 0 Å². The Labute approximate surface area is 119 Å². The van der Waals surface area contributed by atoms with Gasteiger partial charge in [-0.3, -0.25) is 4.79 Å². The summed E-state index contributed by atoms with van der Waals surface area (Å²) in [4.78, 5) is 25.2. The second-order valence-electron chi connectivity index (χ2n) is 4.54. The fraction of sp³-hybridized carbons (Fsp3) is 0.375. The summed E-state index contributed by atoms with van der Waals surface area (Å²) in [6.45, 7) is 5.29. The smallest absolute Gasteiger partial charge is 0.335 e. The Kier molecular flexibility index (Phi) is 5.79. The van der Waals surface area contributed by atoms with Crippen LogP contribution in [0.1, 0.15) is 53.0 Å². The topological polar surface area (TPSA) is 57.6 Å². The normalized spacial score (nSPS) is 9.85. The molecule has 0 saturated heterocycles. The lowest BCUT2D eigenvalue weighted by Crippen LogP contribution is -2.32. The number of hydrogen-bond acceptors (Lipinski definition) is 2. The molecule has 1 rings (SSSR count). The summed E-state index contributed by atoms with van der Waals surface area (Å²) in [6, 6.07) is 4.33. The highest BCUT2D eigenvalue weighted by atomic mass is 16.4. The number of carboxylic acids is 1. The molecule has 0 atom stereocenters. The Morgan fingerprint density at radius 2 is 1.70 bits per heavy atom. The number of amides is 1. The van der Waals surface area contributed by atoms with E-state index in [1.807, 2.05) is 13.8 Å². The number of terminal acetylenes is 1. The fourth-order valence-electron chi connectivity index (χ4n) is 2.00. The van der Waals surface area contributed by atoms with Gasteiger partial charge in [0, 0.05) is 24.2 Å². The molecule has 0 saturated carbocycles. The van der Waals surface area contributed by atoms with E-state index in [2.05, 4.69) is 5.92 Å². The first-order chi connectivity index (χ1) is 9.53. The van der Waals surface area contributed by atoms with Crippen LogP contribution in [0.5, 0.6) is 0 Å². The maximum absolute atomic E-state index is 12.4. The molecule has 0 aliphatic rings. The predicted octanol–water partition coefficient (Wildman–Crippen LogP) is 2.63. The molecule has 1 N–H and O–H groups in total. The molecular weight excluding hydrogens is 254 g/mol. The van der Waals surface area contributed by atoms with Gasteiger partial charge in [0.2, 0.25) is 0 Å². The predicted molar refractivity (Wildman–Crippen MR) is 77.8 cm³/mol. The molecule has 20 heavy (non-hydrogen) atoms. The first-order valence-electron chi connectivity index (χ1n) is 6.67. The van der Waals surface area contributed by atoms with Crippen molar-refractivity contribution in [2.24, 2.45) is 0 Å². The maximum atomic E-state index is 12.4. The van der Waals surface area contributed by atoms with E-state index in [9.17, 15) is 9.59 Å². The van der Waals surface area contributed by atoms with Gasteiger partial charge >= 0.3 is 5.97 Å². The average Bonchev–Trinajstić information content (AvgIpc) is 2.45. The summed E-state index contributed by atoms with van der Waals surface area (Å²) in [5, 5.41) is 9.06. The van der Waals surface area contributed by atoms with Gasteiger partial charge in [-0.05, 0) is 31.0 Å². The van der Waals surface area contributed by atoms with Crippen LogP contribution >= 0.6 is 0 Å². The van der Waals surface area contributed by atoms with Gasteiger partial charge in [0.1, 0.15) is 0 Å². The molecule has 0 aliphatic heterocycles. The Hall–Kier alpha value is -2.28. The highest BCUT2D eigenvalue weighted by Gasteiger charge is 2.17. The standard InChI is InChI=1S/C16H19NO3/c1-4-7-17(8-5-2)15(18)13-9-12(6-3)10-14(11-13)16(19)20/h3,9-11H,4-5,7-8H2,1-2H3,(H,19,20). The van der Waals surface area contributed by atoms with Crippen LogP contribution in [0.4, 0.5) is 0 Å². The van der Waals surface area contributed by atoms with Crippen LogP contribution in [-0.4, -0.2) is 35.0 Å². The van der Waals surface area contributed by atoms with E-state index >= 15 is 0 Å². The number of carbonyl (C=O) groups is 2. The molecule has 0 aromatic heterocycles. The van der Waals surface area contributed by atoms with Crippen molar-refractivity contribution in [3.63, 3.8) is 0 Å². The third-order valence-electron chi connectivity index (χ3n) is 2.87. The van der Waals surface area contributed by atoms with Crippen LogP contribution in [0.15, 0.2) is 18.2 Å². The summed E-state index contributed by atoms with van der Waals surface area (Å²) in [7, 11) is 0. The molecular formula is C16H19NO3. The minimum atomic E-state index is -1.09. The minimum absolute atomic E-state index is 0.0387. The molecule has 1 aromatic carbocycles. The van der Waals surface area contributed by atoms with Gasteiger partial charge in [0.05, 0.1) is 5.56 Å². The zero-order valence-corrected chi connectivity index (χ0v) is 11.8. The molecule has 0 fully saturated rings. The van der Waals surface area contributed by atoms with Crippen LogP contribution in [0.25, 0.3) is 0 Å². The molecule has 4 heteroatoms. The molecule has 0 bridgehead atoms. The number of aromatic carboxylic acids is 1. The van der Waals surface area contributed by atoms with E-state index in [4.69, 9.17) is 11.5 Å². The SMILES string of the molecule is C#Cc1cc(C(=O)O)cc(C(=O)N(CCC)CCC)c1. The number of rotatable bonds is 6. The third kappa shape index (κ3) is 3.86. The summed E-state index contributed by atoms with van der Waals surface area (Å²) in [5.41, 5.74) is 0.776. The van der Waals surface area contributed by atoms with Crippen molar-refractivity contribution in [1.29, 1.82) is 0 Å². The highest BCUT2D eigenvalue weighted by molar-refractivity contribution is 5.98. The first-order valence-corrected chi connectivity index (χ1v) is 6.67. The summed E-state index contributed by atoms with van der Waals surface area (Å²) < 4.78 is 0. The lowest BCUT2D eigenvalue weighted by atomic mass is 10.0. The highest BCUT2D eigenvalue weighted by Crippen LogP contribution is 2.13. The van der Waals surface area contributed by atoms with E-state index in [0.717, 1.165) is 12.8 Å². The second kappa shape index (κ2) is 7.34. The van der Waals surface area contributed by atoms with Gasteiger partial charge in [-0.2, -0.15) is 0 Å². The molecule has 4 nitrogen and oxygen atoms in total. The number of benzene rings is 1. The van der Waals surface area contributed by atoms with E-state index in [0.29, 0.717) is 24.2 Å². The lowest BCUT2D eigenvalue weighted by Gasteiger charge is -2.21. The summed E-state index contributed by atoms with van der Waals surface area (Å²) in [5.74, 6) is 1.12. The van der Waals surface area contributed by atoms with E-state index in [1.54, 1.807) is 11.0 Å². The van der Waals surface area contributed by atoms with Gasteiger partial charge in [-0.15, -0.1) is 6.42 Å². The number of nitrogens with zero attached hydrogens (tertiary/aromatic N) is 1. The van der Waals surface area contributed by atoms with Crippen LogP contribution in [0.3, 0.4) is 0 Å². The average molecular weight is 273 g/mol. The van der Waals surface area contributed by atoms with Crippen molar-refractivity contribution in [2.75, 3.05) is 13.1 Å². The minimum Gasteiger partial charge on any atom is -0.478 e. The van der Waals surface area contributed by atoms with Crippen molar-refractivity contribution < 1.29 is 14.7 Å². The van der Waals surface area contributed by atoms with Gasteiger partial charge in [0.25, 0.3) is 5.91 Å². The quantitative estimate of drug-likeness (QED) is 0.811. The van der Waals surface area contributed by atoms with Crippen molar-refractivity contribution in [1.82, 2.24) is 4.90 Å². The van der Waals surface area contributed by atoms with Crippen LogP contribution in [0.2, 0.25) is 0 Å². The second-order valence-corrected chi connectivity index (χ2v) is 4.54.